The number of hydrogen-bond acceptors (Lipinski definition) is 3. The minimum atomic E-state index is -0.325. The highest BCUT2D eigenvalue weighted by atomic mass is 16.3. The van der Waals surface area contributed by atoms with Crippen LogP contribution >= 0.6 is 0 Å². The highest BCUT2D eigenvalue weighted by Gasteiger charge is 2.23. The van der Waals surface area contributed by atoms with Gasteiger partial charge in [-0.3, -0.25) is 0 Å². The van der Waals surface area contributed by atoms with Gasteiger partial charge in [-0.15, -0.1) is 0 Å². The second-order valence-corrected chi connectivity index (χ2v) is 6.52. The van der Waals surface area contributed by atoms with Crippen LogP contribution in [0.25, 0.3) is 0 Å². The van der Waals surface area contributed by atoms with E-state index in [1.165, 1.54) is 0 Å². The fraction of sp³-hybridized carbons (Fsp3) is 0.217. The van der Waals surface area contributed by atoms with Crippen molar-refractivity contribution in [1.82, 2.24) is 0 Å². The van der Waals surface area contributed by atoms with Crippen molar-refractivity contribution in [2.45, 2.75) is 32.6 Å². The summed E-state index contributed by atoms with van der Waals surface area (Å²) in [5.74, 6) is 0.252. The van der Waals surface area contributed by atoms with Gasteiger partial charge in [0.25, 0.3) is 0 Å². The molecule has 0 saturated carbocycles. The molecule has 0 aromatic heterocycles. The molecule has 0 bridgehead atoms. The van der Waals surface area contributed by atoms with Crippen LogP contribution in [-0.2, 0) is 12.8 Å². The van der Waals surface area contributed by atoms with E-state index < -0.39 is 0 Å². The van der Waals surface area contributed by atoms with Crippen molar-refractivity contribution in [2.24, 2.45) is 0 Å². The molecule has 0 saturated heterocycles. The molecule has 3 nitrogen and oxygen atoms in total. The van der Waals surface area contributed by atoms with Gasteiger partial charge in [-0.2, -0.15) is 0 Å². The fourth-order valence-electron chi connectivity index (χ4n) is 3.30. The Morgan fingerprint density at radius 1 is 0.654 bits per heavy atom. The SMILES string of the molecule is CCc1ccc(O)c(C(c2ccc(O)cc2)c2cc(CC)ccc2O)c1. The molecule has 0 aliphatic rings. The summed E-state index contributed by atoms with van der Waals surface area (Å²) in [6.45, 7) is 4.14. The van der Waals surface area contributed by atoms with Crippen LogP contribution in [0.15, 0.2) is 60.7 Å². The molecule has 0 atom stereocenters. The lowest BCUT2D eigenvalue weighted by Crippen LogP contribution is -2.06. The number of hydrogen-bond donors (Lipinski definition) is 3. The van der Waals surface area contributed by atoms with Gasteiger partial charge < -0.3 is 15.3 Å². The molecule has 0 amide bonds. The smallest absolute Gasteiger partial charge is 0.119 e. The van der Waals surface area contributed by atoms with Crippen LogP contribution in [0.3, 0.4) is 0 Å². The molecule has 3 rings (SSSR count). The number of benzene rings is 3. The third-order valence-electron chi connectivity index (χ3n) is 4.85. The molecule has 3 aromatic carbocycles. The first kappa shape index (κ1) is 17.9. The van der Waals surface area contributed by atoms with Gasteiger partial charge in [-0.05, 0) is 53.8 Å². The molecular formula is C23H24O3. The normalized spacial score (nSPS) is 11.0. The molecular weight excluding hydrogens is 324 g/mol. The van der Waals surface area contributed by atoms with E-state index in [0.717, 1.165) is 40.7 Å². The molecule has 0 spiro atoms. The largest absolute Gasteiger partial charge is 0.508 e. The van der Waals surface area contributed by atoms with Crippen molar-refractivity contribution < 1.29 is 15.3 Å². The fourth-order valence-corrected chi connectivity index (χ4v) is 3.30. The quantitative estimate of drug-likeness (QED) is 0.562. The summed E-state index contributed by atoms with van der Waals surface area (Å²) < 4.78 is 0. The number of phenols is 3. The molecule has 0 radical (unpaired) electrons. The monoisotopic (exact) mass is 348 g/mol. The second-order valence-electron chi connectivity index (χ2n) is 6.52. The van der Waals surface area contributed by atoms with Crippen LogP contribution in [0.2, 0.25) is 0 Å². The molecule has 134 valence electrons. The molecule has 0 heterocycles. The van der Waals surface area contributed by atoms with E-state index in [0.29, 0.717) is 0 Å². The Kier molecular flexibility index (Phi) is 5.17. The Morgan fingerprint density at radius 2 is 1.12 bits per heavy atom. The van der Waals surface area contributed by atoms with E-state index in [2.05, 4.69) is 13.8 Å². The maximum absolute atomic E-state index is 10.6. The molecule has 3 aromatic rings. The first-order chi connectivity index (χ1) is 12.5. The van der Waals surface area contributed by atoms with Gasteiger partial charge in [0, 0.05) is 17.0 Å². The number of aryl methyl sites for hydroxylation is 2. The van der Waals surface area contributed by atoms with E-state index in [4.69, 9.17) is 0 Å². The van der Waals surface area contributed by atoms with Gasteiger partial charge in [-0.1, -0.05) is 50.2 Å². The number of rotatable bonds is 5. The van der Waals surface area contributed by atoms with E-state index in [1.54, 1.807) is 24.3 Å². The first-order valence-electron chi connectivity index (χ1n) is 8.96. The predicted molar refractivity (Wildman–Crippen MR) is 104 cm³/mol. The van der Waals surface area contributed by atoms with Crippen molar-refractivity contribution >= 4 is 0 Å². The zero-order valence-electron chi connectivity index (χ0n) is 15.1. The van der Waals surface area contributed by atoms with E-state index in [1.807, 2.05) is 36.4 Å². The zero-order chi connectivity index (χ0) is 18.7. The Hall–Kier alpha value is -2.94. The van der Waals surface area contributed by atoms with Gasteiger partial charge in [0.1, 0.15) is 17.2 Å². The van der Waals surface area contributed by atoms with Crippen molar-refractivity contribution in [1.29, 1.82) is 0 Å². The van der Waals surface area contributed by atoms with Crippen LogP contribution < -0.4 is 0 Å². The second kappa shape index (κ2) is 7.52. The Balaban J connectivity index is 2.25. The molecule has 0 unspecified atom stereocenters. The minimum absolute atomic E-state index is 0.186. The third-order valence-corrected chi connectivity index (χ3v) is 4.85. The van der Waals surface area contributed by atoms with Crippen LogP contribution in [0, 0.1) is 0 Å². The lowest BCUT2D eigenvalue weighted by molar-refractivity contribution is 0.458. The lowest BCUT2D eigenvalue weighted by Gasteiger charge is -2.22. The Morgan fingerprint density at radius 3 is 1.54 bits per heavy atom. The van der Waals surface area contributed by atoms with E-state index in [-0.39, 0.29) is 23.2 Å². The summed E-state index contributed by atoms with van der Waals surface area (Å²) in [5.41, 5.74) is 4.63. The lowest BCUT2D eigenvalue weighted by atomic mass is 9.82. The average Bonchev–Trinajstić information content (AvgIpc) is 2.66. The van der Waals surface area contributed by atoms with Gasteiger partial charge >= 0.3 is 0 Å². The summed E-state index contributed by atoms with van der Waals surface area (Å²) in [6.07, 6.45) is 1.72. The molecule has 3 heteroatoms. The van der Waals surface area contributed by atoms with Gasteiger partial charge in [0.05, 0.1) is 0 Å². The topological polar surface area (TPSA) is 60.7 Å². The highest BCUT2D eigenvalue weighted by molar-refractivity contribution is 5.54. The molecule has 0 fully saturated rings. The summed E-state index contributed by atoms with van der Waals surface area (Å²) >= 11 is 0. The average molecular weight is 348 g/mol. The molecule has 3 N–H and O–H groups in total. The summed E-state index contributed by atoms with van der Waals surface area (Å²) in [7, 11) is 0. The maximum atomic E-state index is 10.6. The number of phenolic OH excluding ortho intramolecular Hbond substituents is 3. The van der Waals surface area contributed by atoms with E-state index in [9.17, 15) is 15.3 Å². The Labute approximate surface area is 154 Å². The molecule has 26 heavy (non-hydrogen) atoms. The minimum Gasteiger partial charge on any atom is -0.508 e. The molecule has 0 aliphatic heterocycles. The van der Waals surface area contributed by atoms with Crippen LogP contribution in [0.1, 0.15) is 47.6 Å². The maximum Gasteiger partial charge on any atom is 0.119 e. The van der Waals surface area contributed by atoms with Crippen molar-refractivity contribution in [3.63, 3.8) is 0 Å². The van der Waals surface area contributed by atoms with Crippen LogP contribution in [0.4, 0.5) is 0 Å². The van der Waals surface area contributed by atoms with Crippen LogP contribution in [-0.4, -0.2) is 15.3 Å². The van der Waals surface area contributed by atoms with Crippen molar-refractivity contribution in [3.8, 4) is 17.2 Å². The summed E-state index contributed by atoms with van der Waals surface area (Å²) in [6, 6.07) is 18.1. The van der Waals surface area contributed by atoms with Gasteiger partial charge in [0.15, 0.2) is 0 Å². The van der Waals surface area contributed by atoms with Gasteiger partial charge in [0.2, 0.25) is 0 Å². The summed E-state index contributed by atoms with van der Waals surface area (Å²) in [5, 5.41) is 30.8. The van der Waals surface area contributed by atoms with Crippen LogP contribution in [0.5, 0.6) is 17.2 Å². The molecule has 0 aliphatic carbocycles. The van der Waals surface area contributed by atoms with Crippen molar-refractivity contribution in [2.75, 3.05) is 0 Å². The van der Waals surface area contributed by atoms with Gasteiger partial charge in [-0.25, -0.2) is 0 Å². The predicted octanol–water partition coefficient (Wildman–Crippen LogP) is 5.11. The third kappa shape index (κ3) is 3.52. The standard InChI is InChI=1S/C23H24O3/c1-3-15-5-11-21(25)19(13-15)23(17-7-9-18(24)10-8-17)20-14-16(4-2)6-12-22(20)26/h5-14,23-26H,3-4H2,1-2H3. The summed E-state index contributed by atoms with van der Waals surface area (Å²) in [4.78, 5) is 0. The number of aromatic hydroxyl groups is 3. The first-order valence-corrected chi connectivity index (χ1v) is 8.96. The highest BCUT2D eigenvalue weighted by Crippen LogP contribution is 2.41. The van der Waals surface area contributed by atoms with Crippen molar-refractivity contribution in [3.05, 3.63) is 88.5 Å². The van der Waals surface area contributed by atoms with E-state index >= 15 is 0 Å². The zero-order valence-corrected chi connectivity index (χ0v) is 15.1. The Bertz CT molecular complexity index is 844.